The number of hydrogen-bond acceptors (Lipinski definition) is 2. The van der Waals surface area contributed by atoms with Crippen LogP contribution < -0.4 is 10.6 Å². The molecule has 0 aromatic heterocycles. The van der Waals surface area contributed by atoms with Crippen molar-refractivity contribution in [3.8, 4) is 0 Å². The first-order valence-corrected chi connectivity index (χ1v) is 12.5. The first-order valence-electron chi connectivity index (χ1n) is 11.7. The van der Waals surface area contributed by atoms with Crippen LogP contribution in [0.25, 0.3) is 0 Å². The highest BCUT2D eigenvalue weighted by Crippen LogP contribution is 2.43. The molecule has 2 amide bonds. The number of thioether (sulfide) groups is 1. The summed E-state index contributed by atoms with van der Waals surface area (Å²) in [4.78, 5) is 14.3. The molecule has 1 fully saturated rings. The molecule has 1 aliphatic rings. The molecule has 0 heterocycles. The van der Waals surface area contributed by atoms with Gasteiger partial charge in [0.15, 0.2) is 0 Å². The fourth-order valence-electron chi connectivity index (χ4n) is 4.46. The number of urea groups is 1. The topological polar surface area (TPSA) is 41.1 Å². The van der Waals surface area contributed by atoms with Gasteiger partial charge in [0.25, 0.3) is 0 Å². The molecule has 0 saturated heterocycles. The van der Waals surface area contributed by atoms with Gasteiger partial charge in [0.2, 0.25) is 0 Å². The van der Waals surface area contributed by atoms with E-state index in [4.69, 9.17) is 0 Å². The highest BCUT2D eigenvalue weighted by Gasteiger charge is 2.33. The molecule has 3 rings (SSSR count). The fourth-order valence-corrected chi connectivity index (χ4v) is 5.87. The zero-order valence-electron chi connectivity index (χ0n) is 19.8. The molecule has 1 aliphatic carbocycles. The second-order valence-corrected chi connectivity index (χ2v) is 11.1. The smallest absolute Gasteiger partial charge is 0.319 e. The SMILES string of the molecule is Cc1ccc(SC2(CNC(=O)Nc3c(C(C)C)cccc3C(C)C)CCCCC2)cc1. The van der Waals surface area contributed by atoms with Gasteiger partial charge in [0.1, 0.15) is 0 Å². The third kappa shape index (κ3) is 6.29. The van der Waals surface area contributed by atoms with E-state index in [0.29, 0.717) is 18.4 Å². The maximum Gasteiger partial charge on any atom is 0.319 e. The summed E-state index contributed by atoms with van der Waals surface area (Å²) in [5.41, 5.74) is 4.66. The van der Waals surface area contributed by atoms with Crippen molar-refractivity contribution in [1.82, 2.24) is 5.32 Å². The van der Waals surface area contributed by atoms with Gasteiger partial charge in [0.05, 0.1) is 0 Å². The van der Waals surface area contributed by atoms with Gasteiger partial charge < -0.3 is 10.6 Å². The molecule has 0 atom stereocenters. The normalized spacial score (nSPS) is 15.8. The van der Waals surface area contributed by atoms with Crippen LogP contribution >= 0.6 is 11.8 Å². The summed E-state index contributed by atoms with van der Waals surface area (Å²) < 4.78 is 0.0727. The van der Waals surface area contributed by atoms with E-state index in [9.17, 15) is 4.79 Å². The Bertz CT molecular complexity index is 841. The maximum absolute atomic E-state index is 13.0. The summed E-state index contributed by atoms with van der Waals surface area (Å²) in [5.74, 6) is 0.714. The van der Waals surface area contributed by atoms with Gasteiger partial charge >= 0.3 is 6.03 Å². The second kappa shape index (κ2) is 10.6. The Morgan fingerprint density at radius 2 is 1.52 bits per heavy atom. The standard InChI is InChI=1S/C27H38N2OS/c1-19(2)23-10-9-11-24(20(3)4)25(23)29-26(30)28-18-27(16-7-6-8-17-27)31-22-14-12-21(5)13-15-22/h9-15,19-20H,6-8,16-18H2,1-5H3,(H2,28,29,30). The molecule has 0 bridgehead atoms. The summed E-state index contributed by atoms with van der Waals surface area (Å²) in [6.45, 7) is 11.5. The van der Waals surface area contributed by atoms with E-state index < -0.39 is 0 Å². The third-order valence-corrected chi connectivity index (χ3v) is 7.80. The Kier molecular flexibility index (Phi) is 8.10. The second-order valence-electron chi connectivity index (χ2n) is 9.59. The van der Waals surface area contributed by atoms with Gasteiger partial charge in [-0.2, -0.15) is 0 Å². The number of aryl methyl sites for hydroxylation is 1. The molecule has 2 aromatic carbocycles. The molecule has 4 heteroatoms. The van der Waals surface area contributed by atoms with E-state index in [1.807, 2.05) is 11.8 Å². The number of benzene rings is 2. The van der Waals surface area contributed by atoms with Crippen LogP contribution in [0.5, 0.6) is 0 Å². The Morgan fingerprint density at radius 3 is 2.06 bits per heavy atom. The van der Waals surface area contributed by atoms with Crippen molar-refractivity contribution < 1.29 is 4.79 Å². The molecular weight excluding hydrogens is 400 g/mol. The summed E-state index contributed by atoms with van der Waals surface area (Å²) in [5, 5.41) is 6.45. The number of anilines is 1. The molecule has 1 saturated carbocycles. The molecule has 0 aliphatic heterocycles. The van der Waals surface area contributed by atoms with Crippen molar-refractivity contribution in [2.45, 2.75) is 88.2 Å². The van der Waals surface area contributed by atoms with Crippen molar-refractivity contribution in [3.05, 3.63) is 59.2 Å². The summed E-state index contributed by atoms with van der Waals surface area (Å²) in [6, 6.07) is 15.0. The average Bonchev–Trinajstić information content (AvgIpc) is 2.74. The molecule has 2 N–H and O–H groups in total. The Morgan fingerprint density at radius 1 is 0.935 bits per heavy atom. The number of amides is 2. The lowest BCUT2D eigenvalue weighted by molar-refractivity contribution is 0.249. The van der Waals surface area contributed by atoms with Crippen molar-refractivity contribution in [2.24, 2.45) is 0 Å². The lowest BCUT2D eigenvalue weighted by Gasteiger charge is -2.37. The Hall–Kier alpha value is -1.94. The molecule has 2 aromatic rings. The van der Waals surface area contributed by atoms with Gasteiger partial charge in [-0.3, -0.25) is 0 Å². The summed E-state index contributed by atoms with van der Waals surface area (Å²) in [7, 11) is 0. The van der Waals surface area contributed by atoms with Crippen LogP contribution in [0.4, 0.5) is 10.5 Å². The Balaban J connectivity index is 1.73. The van der Waals surface area contributed by atoms with Crippen LogP contribution in [0.1, 0.15) is 88.3 Å². The van der Waals surface area contributed by atoms with Crippen LogP contribution in [0.2, 0.25) is 0 Å². The minimum absolute atomic E-state index is 0.0727. The van der Waals surface area contributed by atoms with E-state index in [0.717, 1.165) is 18.5 Å². The number of para-hydroxylation sites is 1. The third-order valence-electron chi connectivity index (χ3n) is 6.30. The van der Waals surface area contributed by atoms with Crippen LogP contribution in [-0.4, -0.2) is 17.3 Å². The average molecular weight is 439 g/mol. The highest BCUT2D eigenvalue weighted by molar-refractivity contribution is 8.00. The van der Waals surface area contributed by atoms with E-state index >= 15 is 0 Å². The molecule has 31 heavy (non-hydrogen) atoms. The number of carbonyl (C=O) groups excluding carboxylic acids is 1. The predicted molar refractivity (Wildman–Crippen MR) is 134 cm³/mol. The zero-order valence-corrected chi connectivity index (χ0v) is 20.6. The number of rotatable bonds is 7. The van der Waals surface area contributed by atoms with E-state index in [1.54, 1.807) is 0 Å². The number of carbonyl (C=O) groups is 1. The van der Waals surface area contributed by atoms with Gasteiger partial charge in [-0.15, -0.1) is 11.8 Å². The first-order chi connectivity index (χ1) is 14.8. The number of nitrogens with one attached hydrogen (secondary N) is 2. The van der Waals surface area contributed by atoms with Crippen molar-refractivity contribution in [2.75, 3.05) is 11.9 Å². The van der Waals surface area contributed by atoms with E-state index in [1.165, 1.54) is 40.8 Å². The summed E-state index contributed by atoms with van der Waals surface area (Å²) in [6.07, 6.45) is 6.05. The van der Waals surface area contributed by atoms with E-state index in [-0.39, 0.29) is 10.8 Å². The van der Waals surface area contributed by atoms with Gasteiger partial charge in [-0.1, -0.05) is 82.9 Å². The lowest BCUT2D eigenvalue weighted by Crippen LogP contribution is -2.43. The predicted octanol–water partition coefficient (Wildman–Crippen LogP) is 7.86. The molecule has 168 valence electrons. The Labute approximate surface area is 192 Å². The quantitative estimate of drug-likeness (QED) is 0.462. The molecule has 0 radical (unpaired) electrons. The van der Waals surface area contributed by atoms with E-state index in [2.05, 4.69) is 87.7 Å². The largest absolute Gasteiger partial charge is 0.336 e. The van der Waals surface area contributed by atoms with Crippen LogP contribution in [0.3, 0.4) is 0 Å². The monoisotopic (exact) mass is 438 g/mol. The van der Waals surface area contributed by atoms with Gasteiger partial charge in [0, 0.05) is 21.9 Å². The zero-order chi connectivity index (χ0) is 22.4. The molecular formula is C27H38N2OS. The van der Waals surface area contributed by atoms with Crippen molar-refractivity contribution >= 4 is 23.5 Å². The summed E-state index contributed by atoms with van der Waals surface area (Å²) >= 11 is 1.94. The maximum atomic E-state index is 13.0. The van der Waals surface area contributed by atoms with Crippen LogP contribution in [-0.2, 0) is 0 Å². The van der Waals surface area contributed by atoms with Gasteiger partial charge in [-0.25, -0.2) is 4.79 Å². The molecule has 0 unspecified atom stereocenters. The van der Waals surface area contributed by atoms with Crippen molar-refractivity contribution in [3.63, 3.8) is 0 Å². The van der Waals surface area contributed by atoms with Crippen LogP contribution in [0.15, 0.2) is 47.4 Å². The highest BCUT2D eigenvalue weighted by atomic mass is 32.2. The number of hydrogen-bond donors (Lipinski definition) is 2. The lowest BCUT2D eigenvalue weighted by atomic mass is 9.88. The molecule has 0 spiro atoms. The van der Waals surface area contributed by atoms with Crippen molar-refractivity contribution in [1.29, 1.82) is 0 Å². The van der Waals surface area contributed by atoms with Crippen LogP contribution in [0, 0.1) is 6.92 Å². The van der Waals surface area contributed by atoms with Gasteiger partial charge in [-0.05, 0) is 54.9 Å². The fraction of sp³-hybridized carbons (Fsp3) is 0.519. The first kappa shape index (κ1) is 23.7. The minimum Gasteiger partial charge on any atom is -0.336 e. The minimum atomic E-state index is -0.0931. The molecule has 3 nitrogen and oxygen atoms in total.